The summed E-state index contributed by atoms with van der Waals surface area (Å²) in [6.45, 7) is 1.92. The fourth-order valence-electron chi connectivity index (χ4n) is 17.1. The lowest BCUT2D eigenvalue weighted by Gasteiger charge is -2.46. The van der Waals surface area contributed by atoms with E-state index in [-0.39, 0.29) is 77.2 Å². The highest BCUT2D eigenvalue weighted by molar-refractivity contribution is 6.11. The zero-order chi connectivity index (χ0) is 70.7. The maximum Gasteiger partial charge on any atom is 0.325 e. The number of carbonyl (C=O) groups excluding carboxylic acids is 5. The number of aliphatic hydroxyl groups is 3. The number of aliphatic carboxylic acids is 1. The molecule has 9 aromatic rings. The highest BCUT2D eigenvalue weighted by Gasteiger charge is 2.75. The Morgan fingerprint density at radius 1 is 0.534 bits per heavy atom. The lowest BCUT2D eigenvalue weighted by Crippen LogP contribution is -2.52. The van der Waals surface area contributed by atoms with E-state index in [1.165, 1.54) is 0 Å². The van der Waals surface area contributed by atoms with Gasteiger partial charge in [-0.2, -0.15) is 0 Å². The number of Topliss-reactive ketones (excluding diaryl/α,β-unsaturated/α-hetero) is 2. The highest BCUT2D eigenvalue weighted by atomic mass is 16.6. The van der Waals surface area contributed by atoms with Crippen LogP contribution in [0.1, 0.15) is 137 Å². The summed E-state index contributed by atoms with van der Waals surface area (Å²) >= 11 is 0. The normalized spacial score (nSPS) is 25.2. The maximum atomic E-state index is 15.2. The molecule has 2 spiro atoms. The predicted octanol–water partition coefficient (Wildman–Crippen LogP) is 12.4. The third-order valence-corrected chi connectivity index (χ3v) is 21.2. The SMILES string of the molecule is C.C[C@@H](CCC(=O)[C@H]1[C@@H]2C(=O)O[C@@H](c3ccccc3)[C@@H](c3ccccc3)N2[C@@H](c2ccc(OCCO)cc2)[C@]12C(=O)Cc1ccccc12)c1ccccc1.O=C1O[C@@H](c2ccccc2)[C@@H](c2ccccc2)N2[C@@H](c3ccc(OCCO)cc3)[C@]3(C(=O)Nc4ccc(C#CCCO)cc43)[C@@H](C(=O)O)[C@H]12. The molecule has 17 heteroatoms. The van der Waals surface area contributed by atoms with E-state index >= 15 is 9.59 Å². The van der Waals surface area contributed by atoms with E-state index in [1.807, 2.05) is 193 Å². The monoisotopic (exact) mass is 1380 g/mol. The summed E-state index contributed by atoms with van der Waals surface area (Å²) in [5, 5.41) is 42.1. The molecule has 5 N–H and O–H groups in total. The molecule has 103 heavy (non-hydrogen) atoms. The molecule has 0 radical (unpaired) electrons. The molecule has 5 heterocycles. The summed E-state index contributed by atoms with van der Waals surface area (Å²) in [5.41, 5.74) is 5.68. The van der Waals surface area contributed by atoms with E-state index in [1.54, 1.807) is 42.5 Å². The van der Waals surface area contributed by atoms with Crippen LogP contribution in [0.4, 0.5) is 5.69 Å². The molecule has 1 aliphatic carbocycles. The van der Waals surface area contributed by atoms with Crippen molar-refractivity contribution in [1.82, 2.24) is 9.80 Å². The van der Waals surface area contributed by atoms with Crippen molar-refractivity contribution in [2.24, 2.45) is 11.8 Å². The number of hydrogen-bond donors (Lipinski definition) is 5. The Balaban J connectivity index is 0.000000182. The van der Waals surface area contributed by atoms with Crippen LogP contribution in [-0.4, -0.2) is 111 Å². The number of cyclic esters (lactones) is 2. The second-order valence-corrected chi connectivity index (χ2v) is 26.7. The number of fused-ring (bicyclic) bond motifs is 6. The van der Waals surface area contributed by atoms with Gasteiger partial charge < -0.3 is 44.7 Å². The fourth-order valence-corrected chi connectivity index (χ4v) is 17.1. The predicted molar refractivity (Wildman–Crippen MR) is 386 cm³/mol. The molecule has 4 saturated heterocycles. The van der Waals surface area contributed by atoms with E-state index < -0.39 is 94.9 Å². The van der Waals surface area contributed by atoms with E-state index in [0.29, 0.717) is 40.3 Å². The Kier molecular flexibility index (Phi) is 20.8. The fraction of sp³-hybridized carbons (Fsp3) is 0.279. The van der Waals surface area contributed by atoms with Gasteiger partial charge in [-0.05, 0) is 110 Å². The van der Waals surface area contributed by atoms with Crippen LogP contribution in [0.2, 0.25) is 0 Å². The number of esters is 2. The third kappa shape index (κ3) is 12.7. The lowest BCUT2D eigenvalue weighted by atomic mass is 9.63. The average molecular weight is 1380 g/mol. The van der Waals surface area contributed by atoms with Gasteiger partial charge in [-0.25, -0.2) is 0 Å². The summed E-state index contributed by atoms with van der Waals surface area (Å²) in [7, 11) is 0. The zero-order valence-electron chi connectivity index (χ0n) is 56.1. The third-order valence-electron chi connectivity index (χ3n) is 21.2. The van der Waals surface area contributed by atoms with E-state index in [2.05, 4.69) is 41.1 Å². The smallest absolute Gasteiger partial charge is 0.325 e. The number of aliphatic hydroxyl groups excluding tert-OH is 3. The van der Waals surface area contributed by atoms with Gasteiger partial charge >= 0.3 is 17.9 Å². The topological polar surface area (TPSA) is 239 Å². The molecule has 5 aliphatic heterocycles. The van der Waals surface area contributed by atoms with Gasteiger partial charge in [0.15, 0.2) is 5.78 Å². The summed E-state index contributed by atoms with van der Waals surface area (Å²) in [4.78, 5) is 92.0. The quantitative estimate of drug-likeness (QED) is 0.0374. The van der Waals surface area contributed by atoms with Crippen molar-refractivity contribution in [2.75, 3.05) is 38.4 Å². The van der Waals surface area contributed by atoms with Crippen molar-refractivity contribution in [1.29, 1.82) is 0 Å². The Morgan fingerprint density at radius 2 is 1.00 bits per heavy atom. The Hall–Kier alpha value is -10.8. The van der Waals surface area contributed by atoms with E-state index in [0.717, 1.165) is 44.5 Å². The van der Waals surface area contributed by atoms with Crippen LogP contribution in [0.15, 0.2) is 243 Å². The van der Waals surface area contributed by atoms with Crippen LogP contribution >= 0.6 is 0 Å². The standard InChI is InChI=1S/C46H43NO6.C39H34N2O8.CH4/c1-30(31-13-5-2-6-14-31)21-26-38(49)40-42-45(51)53-43(33-17-9-4-10-18-33)41(32-15-7-3-8-16-32)47(42)44(34-22-24-36(25-23-34)52-28-27-48)46(40)37-20-12-11-19-35(37)29-39(46)50;42-20-8-7-9-24-14-19-30-29(23-24)39(38(47)40-30)31(36(44)45)33-37(46)49-34(26-12-5-2-6-13-26)32(25-10-3-1-4-11-25)41(33)35(39)27-15-17-28(18-16-27)48-22-21-43;/h2-20,22-25,30,40-44,48H,21,26-29H2,1H3;1-6,10-19,23,31-35,42-43H,8,20-22H2,(H,40,47)(H,44,45);1H4/t30-,40-,41+,42+,43-,44-,46+;31-,32-,33-,34+,35+,39-;/m01./s1. The van der Waals surface area contributed by atoms with E-state index in [9.17, 15) is 39.6 Å². The van der Waals surface area contributed by atoms with Gasteiger partial charge in [0.05, 0.1) is 55.3 Å². The number of hydrogen-bond acceptors (Lipinski definition) is 15. The molecule has 0 saturated carbocycles. The van der Waals surface area contributed by atoms with Crippen LogP contribution in [0.3, 0.4) is 0 Å². The lowest BCUT2D eigenvalue weighted by molar-refractivity contribution is -0.179. The molecule has 6 aliphatic rings. The molecular formula is C86H81N3O14. The molecule has 524 valence electrons. The number of carboxylic acids is 1. The molecule has 0 unspecified atom stereocenters. The number of nitrogens with one attached hydrogen (secondary N) is 1. The number of benzene rings is 9. The molecule has 9 aromatic carbocycles. The van der Waals surface area contributed by atoms with Gasteiger partial charge in [-0.15, -0.1) is 0 Å². The van der Waals surface area contributed by atoms with Gasteiger partial charge in [0.1, 0.15) is 66.1 Å². The largest absolute Gasteiger partial charge is 0.491 e. The molecule has 4 fully saturated rings. The summed E-state index contributed by atoms with van der Waals surface area (Å²) in [6, 6.07) is 70.8. The Labute approximate surface area is 598 Å². The van der Waals surface area contributed by atoms with Crippen LogP contribution < -0.4 is 14.8 Å². The summed E-state index contributed by atoms with van der Waals surface area (Å²) in [5.74, 6) is 1.25. The van der Waals surface area contributed by atoms with Crippen molar-refractivity contribution in [2.45, 2.75) is 105 Å². The number of morpholine rings is 2. The first kappa shape index (κ1) is 70.6. The molecule has 13 atom stereocenters. The van der Waals surface area contributed by atoms with Crippen molar-refractivity contribution < 1.29 is 68.1 Å². The zero-order valence-corrected chi connectivity index (χ0v) is 56.1. The minimum atomic E-state index is -1.80. The number of carbonyl (C=O) groups is 6. The Morgan fingerprint density at radius 3 is 1.50 bits per heavy atom. The van der Waals surface area contributed by atoms with Crippen LogP contribution in [0.5, 0.6) is 11.5 Å². The first-order chi connectivity index (χ1) is 49.8. The van der Waals surface area contributed by atoms with Crippen molar-refractivity contribution in [3.8, 4) is 23.3 Å². The number of anilines is 1. The average Bonchev–Trinajstić information content (AvgIpc) is 1.52. The highest BCUT2D eigenvalue weighted by Crippen LogP contribution is 2.67. The number of rotatable bonds is 19. The van der Waals surface area contributed by atoms with Crippen molar-refractivity contribution >= 4 is 41.1 Å². The second-order valence-electron chi connectivity index (χ2n) is 26.7. The molecule has 15 rings (SSSR count). The van der Waals surface area contributed by atoms with Gasteiger partial charge in [0.2, 0.25) is 5.91 Å². The minimum Gasteiger partial charge on any atom is -0.491 e. The van der Waals surface area contributed by atoms with E-state index in [4.69, 9.17) is 18.9 Å². The van der Waals surface area contributed by atoms with Gasteiger partial charge in [-0.1, -0.05) is 226 Å². The minimum absolute atomic E-state index is 0. The van der Waals surface area contributed by atoms with Crippen LogP contribution in [0, 0.1) is 23.7 Å². The molecular weight excluding hydrogens is 1300 g/mol. The summed E-state index contributed by atoms with van der Waals surface area (Å²) in [6.07, 6.45) is -0.342. The first-order valence-electron chi connectivity index (χ1n) is 34.6. The number of carboxylic acid groups (broad SMARTS) is 1. The molecule has 17 nitrogen and oxygen atoms in total. The first-order valence-corrected chi connectivity index (χ1v) is 34.6. The van der Waals surface area contributed by atoms with Gasteiger partial charge in [0, 0.05) is 30.5 Å². The number of nitrogens with zero attached hydrogens (tertiary/aromatic N) is 2. The van der Waals surface area contributed by atoms with Gasteiger partial charge in [-0.3, -0.25) is 38.6 Å². The second kappa shape index (κ2) is 30.4. The van der Waals surface area contributed by atoms with Crippen LogP contribution in [0.25, 0.3) is 0 Å². The van der Waals surface area contributed by atoms with Crippen LogP contribution in [-0.2, 0) is 55.5 Å². The van der Waals surface area contributed by atoms with Gasteiger partial charge in [0.25, 0.3) is 0 Å². The Bertz CT molecular complexity index is 4610. The summed E-state index contributed by atoms with van der Waals surface area (Å²) < 4.78 is 24.1. The van der Waals surface area contributed by atoms with Crippen molar-refractivity contribution in [3.05, 3.63) is 304 Å². The number of ether oxygens (including phenoxy) is 4. The maximum absolute atomic E-state index is 15.2. The molecule has 0 bridgehead atoms. The molecule has 0 aromatic heterocycles. The molecule has 1 amide bonds. The number of amides is 1. The number of ketones is 2. The van der Waals surface area contributed by atoms with Crippen molar-refractivity contribution in [3.63, 3.8) is 0 Å².